The molecule has 9 nitrogen and oxygen atoms in total. The number of carbonyl (C=O) groups is 2. The van der Waals surface area contributed by atoms with Crippen LogP contribution in [0.25, 0.3) is 0 Å². The highest BCUT2D eigenvalue weighted by molar-refractivity contribution is 7.47. The summed E-state index contributed by atoms with van der Waals surface area (Å²) in [7, 11) is 1.47. The maximum atomic E-state index is 13.4. The first-order chi connectivity index (χ1) is 30.4. The Hall–Kier alpha value is -2.29. The molecule has 0 heterocycles. The number of hydrogen-bond donors (Lipinski definition) is 2. The molecule has 0 aromatic carbocycles. The second-order valence-electron chi connectivity index (χ2n) is 18.4. The number of amides is 1. The van der Waals surface area contributed by atoms with Gasteiger partial charge in [0.1, 0.15) is 19.3 Å². The molecule has 0 aromatic heterocycles. The molecule has 10 heteroatoms. The van der Waals surface area contributed by atoms with Gasteiger partial charge in [0.2, 0.25) is 5.91 Å². The minimum absolute atomic E-state index is 0.0323. The van der Waals surface area contributed by atoms with Gasteiger partial charge in [0.25, 0.3) is 0 Å². The molecule has 0 aromatic rings. The number of ether oxygens (including phenoxy) is 1. The Balaban J connectivity index is 5.49. The zero-order chi connectivity index (χ0) is 46.5. The summed E-state index contributed by atoms with van der Waals surface area (Å²) in [5.74, 6) is -0.553. The monoisotopic (exact) mass is 906 g/mol. The maximum absolute atomic E-state index is 13.4. The predicted octanol–water partition coefficient (Wildman–Crippen LogP) is 14.8. The van der Waals surface area contributed by atoms with E-state index in [-0.39, 0.29) is 31.5 Å². The van der Waals surface area contributed by atoms with Crippen LogP contribution >= 0.6 is 7.82 Å². The number of unbranched alkanes of at least 4 members (excludes halogenated alkanes) is 23. The lowest BCUT2D eigenvalue weighted by Crippen LogP contribution is -2.47. The van der Waals surface area contributed by atoms with Crippen LogP contribution in [0, 0.1) is 0 Å². The van der Waals surface area contributed by atoms with Crippen LogP contribution in [-0.4, -0.2) is 74.3 Å². The molecule has 0 radical (unpaired) electrons. The van der Waals surface area contributed by atoms with E-state index in [4.69, 9.17) is 13.8 Å². The topological polar surface area (TPSA) is 111 Å². The van der Waals surface area contributed by atoms with Gasteiger partial charge in [-0.15, -0.1) is 0 Å². The number of phosphoric acid groups is 1. The molecule has 0 fully saturated rings. The van der Waals surface area contributed by atoms with E-state index in [1.165, 1.54) is 83.5 Å². The molecule has 0 rings (SSSR count). The Morgan fingerprint density at radius 3 is 1.57 bits per heavy atom. The lowest BCUT2D eigenvalue weighted by atomic mass is 10.1. The lowest BCUT2D eigenvalue weighted by Gasteiger charge is -2.27. The van der Waals surface area contributed by atoms with E-state index < -0.39 is 20.0 Å². The predicted molar refractivity (Wildman–Crippen MR) is 268 cm³/mol. The third-order valence-corrected chi connectivity index (χ3v) is 12.0. The van der Waals surface area contributed by atoms with E-state index in [9.17, 15) is 19.0 Å². The van der Waals surface area contributed by atoms with Crippen molar-refractivity contribution in [1.82, 2.24) is 5.32 Å². The van der Waals surface area contributed by atoms with E-state index in [2.05, 4.69) is 68.6 Å². The number of nitrogens with one attached hydrogen (secondary N) is 1. The van der Waals surface area contributed by atoms with Crippen LogP contribution in [-0.2, 0) is 27.9 Å². The summed E-state index contributed by atoms with van der Waals surface area (Å²) in [6.07, 6.45) is 52.2. The summed E-state index contributed by atoms with van der Waals surface area (Å²) in [6, 6.07) is -0.862. The molecule has 0 bridgehead atoms. The van der Waals surface area contributed by atoms with E-state index in [1.54, 1.807) is 0 Å². The van der Waals surface area contributed by atoms with Gasteiger partial charge < -0.3 is 19.4 Å². The highest BCUT2D eigenvalue weighted by Crippen LogP contribution is 2.43. The molecular formula is C53H98N2O7P+. The van der Waals surface area contributed by atoms with Gasteiger partial charge in [-0.05, 0) is 76.7 Å². The van der Waals surface area contributed by atoms with Gasteiger partial charge in [-0.1, -0.05) is 185 Å². The smallest absolute Gasteiger partial charge is 0.456 e. The van der Waals surface area contributed by atoms with E-state index in [0.717, 1.165) is 89.9 Å². The molecule has 0 aliphatic rings. The molecule has 63 heavy (non-hydrogen) atoms. The van der Waals surface area contributed by atoms with Gasteiger partial charge in [-0.25, -0.2) is 4.57 Å². The Morgan fingerprint density at radius 1 is 0.571 bits per heavy atom. The summed E-state index contributed by atoms with van der Waals surface area (Å²) < 4.78 is 30.4. The molecule has 1 amide bonds. The molecule has 0 saturated carbocycles. The average molecular weight is 906 g/mol. The van der Waals surface area contributed by atoms with Gasteiger partial charge >= 0.3 is 13.8 Å². The number of nitrogens with zero attached hydrogens (tertiary/aromatic N) is 1. The van der Waals surface area contributed by atoms with Gasteiger partial charge in [0, 0.05) is 12.8 Å². The minimum Gasteiger partial charge on any atom is -0.456 e. The first-order valence-electron chi connectivity index (χ1n) is 25.6. The van der Waals surface area contributed by atoms with Crippen molar-refractivity contribution in [3.8, 4) is 0 Å². The summed E-state index contributed by atoms with van der Waals surface area (Å²) in [5, 5.41) is 3.02. The SMILES string of the molecule is CC/C=C/C=C/C=C\CCCCCCCC(=O)OC(/C=C/CCCCCCCCCCC)C(COP(=O)(O)OCC[N+](C)(C)C)NC(=O)CCCCC/C=C\CCCCCCCC. The molecular weight excluding hydrogens is 808 g/mol. The molecule has 3 atom stereocenters. The zero-order valence-corrected chi connectivity index (χ0v) is 42.4. The minimum atomic E-state index is -4.44. The Labute approximate surface area is 388 Å². The van der Waals surface area contributed by atoms with Crippen LogP contribution in [0.15, 0.2) is 60.8 Å². The van der Waals surface area contributed by atoms with Crippen LogP contribution in [0.4, 0.5) is 0 Å². The van der Waals surface area contributed by atoms with Crippen LogP contribution in [0.3, 0.4) is 0 Å². The van der Waals surface area contributed by atoms with Crippen molar-refractivity contribution in [1.29, 1.82) is 0 Å². The molecule has 0 saturated heterocycles. The number of phosphoric ester groups is 1. The van der Waals surface area contributed by atoms with Gasteiger partial charge in [0.05, 0.1) is 33.8 Å². The number of likely N-dealkylation sites (N-methyl/N-ethyl adjacent to an activating group) is 1. The summed E-state index contributed by atoms with van der Waals surface area (Å²) in [6.45, 7) is 6.81. The Morgan fingerprint density at radius 2 is 1.03 bits per heavy atom. The molecule has 0 spiro atoms. The summed E-state index contributed by atoms with van der Waals surface area (Å²) >= 11 is 0. The van der Waals surface area contributed by atoms with Crippen molar-refractivity contribution >= 4 is 19.7 Å². The standard InChI is InChI=1S/C53H97N2O7P/c1-7-10-13-16-19-22-25-27-30-33-36-39-42-45-52(56)54-50(49-61-63(58,59)60-48-47-55(4,5)6)51(44-41-38-35-32-29-24-21-18-15-12-9-3)62-53(57)46-43-40-37-34-31-28-26-23-20-17-14-11-8-2/h11,14,17,20,23,26-27,30,41,44,50-51H,7-10,12-13,15-16,18-19,21-22,24-25,28-29,31-40,42-43,45-49H2,1-6H3,(H-,54,56,58,59)/p+1/b14-11+,20-17+,26-23-,30-27-,44-41+. The van der Waals surface area contributed by atoms with Crippen molar-refractivity contribution in [2.45, 2.75) is 226 Å². The number of quaternary nitrogens is 1. The number of rotatable bonds is 45. The van der Waals surface area contributed by atoms with Crippen LogP contribution in [0.1, 0.15) is 213 Å². The van der Waals surface area contributed by atoms with Crippen LogP contribution in [0.5, 0.6) is 0 Å². The number of carbonyl (C=O) groups excluding carboxylic acids is 2. The van der Waals surface area contributed by atoms with Crippen molar-refractivity contribution in [3.05, 3.63) is 60.8 Å². The number of allylic oxidation sites excluding steroid dienone is 9. The lowest BCUT2D eigenvalue weighted by molar-refractivity contribution is -0.870. The average Bonchev–Trinajstić information content (AvgIpc) is 3.23. The zero-order valence-electron chi connectivity index (χ0n) is 41.6. The normalized spacial score (nSPS) is 14.5. The molecule has 366 valence electrons. The molecule has 0 aliphatic heterocycles. The highest BCUT2D eigenvalue weighted by Gasteiger charge is 2.30. The fourth-order valence-corrected chi connectivity index (χ4v) is 7.73. The molecule has 3 unspecified atom stereocenters. The number of hydrogen-bond acceptors (Lipinski definition) is 6. The van der Waals surface area contributed by atoms with Crippen LogP contribution < -0.4 is 5.32 Å². The highest BCUT2D eigenvalue weighted by atomic mass is 31.2. The fraction of sp³-hybridized carbons (Fsp3) is 0.774. The first-order valence-corrected chi connectivity index (χ1v) is 27.1. The third kappa shape index (κ3) is 44.7. The second-order valence-corrected chi connectivity index (χ2v) is 19.8. The first kappa shape index (κ1) is 60.7. The van der Waals surface area contributed by atoms with Crippen molar-refractivity contribution in [2.24, 2.45) is 0 Å². The van der Waals surface area contributed by atoms with Gasteiger partial charge in [-0.2, -0.15) is 0 Å². The van der Waals surface area contributed by atoms with Gasteiger partial charge in [0.15, 0.2) is 0 Å². The van der Waals surface area contributed by atoms with Crippen LogP contribution in [0.2, 0.25) is 0 Å². The maximum Gasteiger partial charge on any atom is 0.472 e. The third-order valence-electron chi connectivity index (χ3n) is 11.0. The molecule has 0 aliphatic carbocycles. The van der Waals surface area contributed by atoms with E-state index in [0.29, 0.717) is 23.9 Å². The van der Waals surface area contributed by atoms with Crippen molar-refractivity contribution in [3.63, 3.8) is 0 Å². The second kappa shape index (κ2) is 43.6. The number of esters is 1. The van der Waals surface area contributed by atoms with E-state index >= 15 is 0 Å². The van der Waals surface area contributed by atoms with Crippen molar-refractivity contribution in [2.75, 3.05) is 40.9 Å². The molecule has 2 N–H and O–H groups in total. The van der Waals surface area contributed by atoms with Crippen molar-refractivity contribution < 1.29 is 37.3 Å². The quantitative estimate of drug-likeness (QED) is 0.0156. The van der Waals surface area contributed by atoms with E-state index in [1.807, 2.05) is 39.4 Å². The summed E-state index contributed by atoms with van der Waals surface area (Å²) in [5.41, 5.74) is 0. The Kier molecular flexibility index (Phi) is 42.0. The summed E-state index contributed by atoms with van der Waals surface area (Å²) in [4.78, 5) is 37.3. The fourth-order valence-electron chi connectivity index (χ4n) is 6.99. The largest absolute Gasteiger partial charge is 0.472 e. The Bertz CT molecular complexity index is 1270. The van der Waals surface area contributed by atoms with Gasteiger partial charge in [-0.3, -0.25) is 18.6 Å².